The summed E-state index contributed by atoms with van der Waals surface area (Å²) in [6, 6.07) is 13.8. The van der Waals surface area contributed by atoms with E-state index >= 15 is 0 Å². The molecule has 96 valence electrons. The van der Waals surface area contributed by atoms with E-state index in [2.05, 4.69) is 10.5 Å². The van der Waals surface area contributed by atoms with Gasteiger partial charge in [-0.15, -0.1) is 0 Å². The number of carbonyl (C=O) groups excluding carboxylic acids is 1. The molecule has 0 fully saturated rings. The Morgan fingerprint density at radius 1 is 1.11 bits per heavy atom. The number of hydrogen-bond donors (Lipinski definition) is 2. The van der Waals surface area contributed by atoms with Crippen molar-refractivity contribution in [2.24, 2.45) is 5.10 Å². The minimum Gasteiger partial charge on any atom is -0.508 e. The first-order chi connectivity index (χ1) is 9.15. The summed E-state index contributed by atoms with van der Waals surface area (Å²) >= 11 is 0. The van der Waals surface area contributed by atoms with Crippen molar-refractivity contribution in [2.45, 2.75) is 6.92 Å². The van der Waals surface area contributed by atoms with Crippen molar-refractivity contribution in [1.29, 1.82) is 0 Å². The van der Waals surface area contributed by atoms with Crippen LogP contribution in [0.25, 0.3) is 0 Å². The van der Waals surface area contributed by atoms with E-state index in [-0.39, 0.29) is 11.7 Å². The maximum atomic E-state index is 11.7. The van der Waals surface area contributed by atoms with Gasteiger partial charge in [-0.1, -0.05) is 17.7 Å². The van der Waals surface area contributed by atoms with Crippen LogP contribution in [0.5, 0.6) is 5.75 Å². The number of aromatic hydroxyl groups is 1. The molecule has 0 atom stereocenters. The smallest absolute Gasteiger partial charge is 0.271 e. The van der Waals surface area contributed by atoms with Crippen LogP contribution in [0.2, 0.25) is 0 Å². The highest BCUT2D eigenvalue weighted by Crippen LogP contribution is 2.07. The summed E-state index contributed by atoms with van der Waals surface area (Å²) in [4.78, 5) is 11.7. The van der Waals surface area contributed by atoms with Crippen LogP contribution in [0.1, 0.15) is 21.5 Å². The lowest BCUT2D eigenvalue weighted by Crippen LogP contribution is -2.17. The molecule has 0 saturated heterocycles. The number of hydrogen-bond acceptors (Lipinski definition) is 3. The van der Waals surface area contributed by atoms with E-state index in [0.717, 1.165) is 11.1 Å². The molecule has 0 aliphatic rings. The maximum absolute atomic E-state index is 11.7. The van der Waals surface area contributed by atoms with E-state index in [4.69, 9.17) is 5.11 Å². The molecule has 0 unspecified atom stereocenters. The number of benzene rings is 2. The monoisotopic (exact) mass is 254 g/mol. The number of nitrogens with one attached hydrogen (secondary N) is 1. The first-order valence-corrected chi connectivity index (χ1v) is 5.84. The quantitative estimate of drug-likeness (QED) is 0.653. The van der Waals surface area contributed by atoms with Crippen LogP contribution in [0, 0.1) is 6.92 Å². The zero-order valence-electron chi connectivity index (χ0n) is 10.5. The van der Waals surface area contributed by atoms with Crippen LogP contribution in [0.3, 0.4) is 0 Å². The molecule has 0 heterocycles. The molecule has 0 radical (unpaired) electrons. The van der Waals surface area contributed by atoms with Crippen LogP contribution in [-0.2, 0) is 0 Å². The molecule has 0 spiro atoms. The van der Waals surface area contributed by atoms with Crippen molar-refractivity contribution in [3.05, 3.63) is 65.2 Å². The third-order valence-corrected chi connectivity index (χ3v) is 2.59. The van der Waals surface area contributed by atoms with Crippen molar-refractivity contribution in [3.8, 4) is 5.75 Å². The first-order valence-electron chi connectivity index (χ1n) is 5.84. The van der Waals surface area contributed by atoms with Gasteiger partial charge in [0.1, 0.15) is 5.75 Å². The van der Waals surface area contributed by atoms with E-state index < -0.39 is 0 Å². The van der Waals surface area contributed by atoms with Crippen LogP contribution >= 0.6 is 0 Å². The van der Waals surface area contributed by atoms with Gasteiger partial charge in [0.2, 0.25) is 0 Å². The minimum atomic E-state index is -0.255. The van der Waals surface area contributed by atoms with Gasteiger partial charge >= 0.3 is 0 Å². The molecule has 4 nitrogen and oxygen atoms in total. The number of phenols is 1. The second-order valence-electron chi connectivity index (χ2n) is 4.16. The molecular formula is C15H14N2O2. The molecule has 2 rings (SSSR count). The Hall–Kier alpha value is -2.62. The Balaban J connectivity index is 1.96. The molecule has 0 aliphatic heterocycles. The average Bonchev–Trinajstić information content (AvgIpc) is 2.41. The van der Waals surface area contributed by atoms with Crippen LogP contribution in [-0.4, -0.2) is 17.2 Å². The second-order valence-corrected chi connectivity index (χ2v) is 4.16. The predicted octanol–water partition coefficient (Wildman–Crippen LogP) is 2.46. The van der Waals surface area contributed by atoms with Gasteiger partial charge in [-0.2, -0.15) is 5.10 Å². The molecule has 0 aromatic heterocycles. The predicted molar refractivity (Wildman–Crippen MR) is 74.3 cm³/mol. The van der Waals surface area contributed by atoms with Gasteiger partial charge in [-0.3, -0.25) is 4.79 Å². The van der Waals surface area contributed by atoms with Crippen molar-refractivity contribution in [3.63, 3.8) is 0 Å². The number of carbonyl (C=O) groups is 1. The third kappa shape index (κ3) is 3.67. The van der Waals surface area contributed by atoms with Crippen molar-refractivity contribution >= 4 is 12.1 Å². The number of hydrazone groups is 1. The Bertz CT molecular complexity index is 587. The van der Waals surface area contributed by atoms with Gasteiger partial charge in [-0.05, 0) is 48.9 Å². The lowest BCUT2D eigenvalue weighted by molar-refractivity contribution is 0.0955. The molecule has 0 aliphatic carbocycles. The molecule has 1 amide bonds. The fourth-order valence-corrected chi connectivity index (χ4v) is 1.50. The lowest BCUT2D eigenvalue weighted by atomic mass is 10.1. The Kier molecular flexibility index (Phi) is 3.93. The van der Waals surface area contributed by atoms with E-state index in [9.17, 15) is 4.79 Å². The van der Waals surface area contributed by atoms with E-state index in [0.29, 0.717) is 5.56 Å². The molecule has 2 aromatic carbocycles. The Morgan fingerprint density at radius 3 is 2.37 bits per heavy atom. The Labute approximate surface area is 111 Å². The minimum absolute atomic E-state index is 0.195. The molecular weight excluding hydrogens is 240 g/mol. The van der Waals surface area contributed by atoms with Gasteiger partial charge in [0.05, 0.1) is 6.21 Å². The summed E-state index contributed by atoms with van der Waals surface area (Å²) in [5, 5.41) is 13.0. The number of phenolic OH excluding ortho intramolecular Hbond substituents is 1. The van der Waals surface area contributed by atoms with E-state index in [1.165, 1.54) is 6.21 Å². The largest absolute Gasteiger partial charge is 0.508 e. The summed E-state index contributed by atoms with van der Waals surface area (Å²) in [5.74, 6) is -0.0594. The zero-order valence-corrected chi connectivity index (χ0v) is 10.5. The fourth-order valence-electron chi connectivity index (χ4n) is 1.50. The van der Waals surface area contributed by atoms with Gasteiger partial charge in [0.25, 0.3) is 5.91 Å². The third-order valence-electron chi connectivity index (χ3n) is 2.59. The summed E-state index contributed by atoms with van der Waals surface area (Å²) in [6.45, 7) is 1.96. The number of nitrogens with zero attached hydrogens (tertiary/aromatic N) is 1. The second kappa shape index (κ2) is 5.82. The maximum Gasteiger partial charge on any atom is 0.271 e. The van der Waals surface area contributed by atoms with Gasteiger partial charge in [0.15, 0.2) is 0 Å². The average molecular weight is 254 g/mol. The topological polar surface area (TPSA) is 61.7 Å². The van der Waals surface area contributed by atoms with E-state index in [1.807, 2.05) is 19.1 Å². The number of amides is 1. The highest BCUT2D eigenvalue weighted by molar-refractivity contribution is 5.94. The summed E-state index contributed by atoms with van der Waals surface area (Å²) in [6.07, 6.45) is 1.52. The highest BCUT2D eigenvalue weighted by Gasteiger charge is 2.02. The fraction of sp³-hybridized carbons (Fsp3) is 0.0667. The summed E-state index contributed by atoms with van der Waals surface area (Å²) < 4.78 is 0. The zero-order chi connectivity index (χ0) is 13.7. The molecule has 2 aromatic rings. The highest BCUT2D eigenvalue weighted by atomic mass is 16.3. The van der Waals surface area contributed by atoms with E-state index in [1.54, 1.807) is 36.4 Å². The number of aryl methyl sites for hydroxylation is 1. The normalized spacial score (nSPS) is 10.6. The summed E-state index contributed by atoms with van der Waals surface area (Å²) in [7, 11) is 0. The van der Waals surface area contributed by atoms with Crippen LogP contribution in [0.15, 0.2) is 53.6 Å². The molecule has 0 bridgehead atoms. The van der Waals surface area contributed by atoms with Crippen molar-refractivity contribution in [1.82, 2.24) is 5.43 Å². The first kappa shape index (κ1) is 12.8. The van der Waals surface area contributed by atoms with Crippen LogP contribution in [0.4, 0.5) is 0 Å². The Morgan fingerprint density at radius 2 is 1.74 bits per heavy atom. The molecule has 4 heteroatoms. The van der Waals surface area contributed by atoms with Crippen molar-refractivity contribution < 1.29 is 9.90 Å². The van der Waals surface area contributed by atoms with Gasteiger partial charge in [-0.25, -0.2) is 5.43 Å². The standard InChI is InChI=1S/C15H14N2O2/c1-11-2-6-13(7-3-11)15(19)17-16-10-12-4-8-14(18)9-5-12/h2-10,18H,1H3,(H,17,19)/b16-10+. The summed E-state index contributed by atoms with van der Waals surface area (Å²) in [5.41, 5.74) is 4.91. The molecule has 2 N–H and O–H groups in total. The van der Waals surface area contributed by atoms with Gasteiger partial charge in [0, 0.05) is 5.56 Å². The lowest BCUT2D eigenvalue weighted by Gasteiger charge is -2.00. The number of rotatable bonds is 3. The SMILES string of the molecule is Cc1ccc(C(=O)N/N=C/c2ccc(O)cc2)cc1. The van der Waals surface area contributed by atoms with Crippen molar-refractivity contribution in [2.75, 3.05) is 0 Å². The molecule has 0 saturated carbocycles. The van der Waals surface area contributed by atoms with Gasteiger partial charge < -0.3 is 5.11 Å². The van der Waals surface area contributed by atoms with Crippen LogP contribution < -0.4 is 5.43 Å². The molecule has 19 heavy (non-hydrogen) atoms.